The first-order valence-electron chi connectivity index (χ1n) is 10.8. The Morgan fingerprint density at radius 1 is 0.909 bits per heavy atom. The molecule has 1 heterocycles. The smallest absolute Gasteiger partial charge is 0.234 e. The number of anilines is 1. The van der Waals surface area contributed by atoms with E-state index in [0.717, 1.165) is 39.3 Å². The van der Waals surface area contributed by atoms with Crippen molar-refractivity contribution in [1.29, 1.82) is 0 Å². The molecule has 0 saturated carbocycles. The molecule has 0 radical (unpaired) electrons. The molecule has 33 heavy (non-hydrogen) atoms. The second kappa shape index (κ2) is 11.6. The number of carbonyl (C=O) groups is 2. The van der Waals surface area contributed by atoms with Crippen LogP contribution < -0.4 is 10.6 Å². The molecule has 0 fully saturated rings. The average Bonchev–Trinajstić information content (AvgIpc) is 3.28. The Hall–Kier alpha value is -3.16. The Kier molecular flexibility index (Phi) is 8.11. The van der Waals surface area contributed by atoms with Gasteiger partial charge in [-0.25, -0.2) is 4.98 Å². The van der Waals surface area contributed by atoms with Crippen molar-refractivity contribution in [1.82, 2.24) is 10.3 Å². The molecule has 7 heteroatoms. The van der Waals surface area contributed by atoms with E-state index in [-0.39, 0.29) is 24.0 Å². The number of aryl methyl sites for hydroxylation is 1. The van der Waals surface area contributed by atoms with Gasteiger partial charge in [0, 0.05) is 23.0 Å². The van der Waals surface area contributed by atoms with Gasteiger partial charge in [0.1, 0.15) is 0 Å². The normalized spacial score (nSPS) is 10.8. The number of nitrogens with one attached hydrogen (secondary N) is 2. The molecule has 5 nitrogen and oxygen atoms in total. The van der Waals surface area contributed by atoms with E-state index in [2.05, 4.69) is 27.8 Å². The number of rotatable bonds is 10. The molecule has 0 aliphatic rings. The van der Waals surface area contributed by atoms with Gasteiger partial charge < -0.3 is 10.6 Å². The van der Waals surface area contributed by atoms with E-state index in [9.17, 15) is 9.59 Å². The highest BCUT2D eigenvalue weighted by Crippen LogP contribution is 2.25. The summed E-state index contributed by atoms with van der Waals surface area (Å²) in [4.78, 5) is 29.1. The zero-order chi connectivity index (χ0) is 22.9. The van der Waals surface area contributed by atoms with E-state index < -0.39 is 0 Å². The highest BCUT2D eigenvalue weighted by Gasteiger charge is 2.11. The molecular weight excluding hydrogens is 450 g/mol. The first-order chi connectivity index (χ1) is 16.2. The average molecular weight is 476 g/mol. The minimum atomic E-state index is -0.0794. The molecule has 0 aliphatic carbocycles. The fourth-order valence-electron chi connectivity index (χ4n) is 3.48. The molecule has 2 amide bonds. The standard InChI is InChI=1S/C26H25N3O2S2/c30-24(27-15-7-10-19-8-2-1-3-9-19)16-21-17-32-26(28-21)33-18-25(31)29-23-14-6-12-20-11-4-5-13-22(20)23/h1-6,8-9,11-14,17H,7,10,15-16,18H2,(H,27,30)(H,29,31). The number of aromatic nitrogens is 1. The SMILES string of the molecule is O=C(Cc1csc(SCC(=O)Nc2cccc3ccccc23)n1)NCCCc1ccccc1. The highest BCUT2D eigenvalue weighted by molar-refractivity contribution is 8.01. The quantitative estimate of drug-likeness (QED) is 0.241. The lowest BCUT2D eigenvalue weighted by atomic mass is 10.1. The van der Waals surface area contributed by atoms with E-state index in [4.69, 9.17) is 0 Å². The zero-order valence-corrected chi connectivity index (χ0v) is 19.8. The van der Waals surface area contributed by atoms with Crippen LogP contribution in [0.15, 0.2) is 82.5 Å². The maximum atomic E-state index is 12.4. The van der Waals surface area contributed by atoms with Crippen LogP contribution in [0.4, 0.5) is 5.69 Å². The number of nitrogens with zero attached hydrogens (tertiary/aromatic N) is 1. The van der Waals surface area contributed by atoms with Crippen LogP contribution in [0.1, 0.15) is 17.7 Å². The van der Waals surface area contributed by atoms with Crippen molar-refractivity contribution in [3.05, 3.63) is 89.4 Å². The first kappa shape index (κ1) is 23.0. The number of benzene rings is 3. The fourth-order valence-corrected chi connectivity index (χ4v) is 5.12. The number of amides is 2. The molecular formula is C26H25N3O2S2. The summed E-state index contributed by atoms with van der Waals surface area (Å²) in [5, 5.41) is 9.94. The van der Waals surface area contributed by atoms with Crippen LogP contribution in [0.5, 0.6) is 0 Å². The number of fused-ring (bicyclic) bond motifs is 1. The van der Waals surface area contributed by atoms with Crippen molar-refractivity contribution in [3.8, 4) is 0 Å². The van der Waals surface area contributed by atoms with Gasteiger partial charge in [0.15, 0.2) is 4.34 Å². The van der Waals surface area contributed by atoms with Crippen molar-refractivity contribution in [3.63, 3.8) is 0 Å². The van der Waals surface area contributed by atoms with E-state index in [1.54, 1.807) is 0 Å². The fraction of sp³-hybridized carbons (Fsp3) is 0.192. The molecule has 0 unspecified atom stereocenters. The van der Waals surface area contributed by atoms with Gasteiger partial charge in [0.2, 0.25) is 11.8 Å². The van der Waals surface area contributed by atoms with Crippen molar-refractivity contribution in [2.75, 3.05) is 17.6 Å². The van der Waals surface area contributed by atoms with Crippen molar-refractivity contribution >= 4 is 51.4 Å². The molecule has 0 bridgehead atoms. The second-order valence-electron chi connectivity index (χ2n) is 7.58. The van der Waals surface area contributed by atoms with Gasteiger partial charge in [-0.15, -0.1) is 11.3 Å². The second-order valence-corrected chi connectivity index (χ2v) is 9.66. The maximum absolute atomic E-state index is 12.4. The third-order valence-electron chi connectivity index (χ3n) is 5.07. The molecule has 0 saturated heterocycles. The van der Waals surface area contributed by atoms with E-state index >= 15 is 0 Å². The highest BCUT2D eigenvalue weighted by atomic mass is 32.2. The lowest BCUT2D eigenvalue weighted by Gasteiger charge is -2.08. The van der Waals surface area contributed by atoms with Gasteiger partial charge in [0.05, 0.1) is 17.9 Å². The predicted octanol–water partition coefficient (Wildman–Crippen LogP) is 5.32. The lowest BCUT2D eigenvalue weighted by Crippen LogP contribution is -2.26. The molecule has 1 aromatic heterocycles. The number of thiazole rings is 1. The van der Waals surface area contributed by atoms with Crippen LogP contribution in [0.2, 0.25) is 0 Å². The largest absolute Gasteiger partial charge is 0.356 e. The topological polar surface area (TPSA) is 71.1 Å². The Bertz CT molecular complexity index is 1220. The number of hydrogen-bond acceptors (Lipinski definition) is 5. The molecule has 4 rings (SSSR count). The van der Waals surface area contributed by atoms with Crippen LogP contribution in [-0.4, -0.2) is 29.1 Å². The van der Waals surface area contributed by atoms with Gasteiger partial charge in [-0.2, -0.15) is 0 Å². The van der Waals surface area contributed by atoms with Crippen LogP contribution in [0.3, 0.4) is 0 Å². The van der Waals surface area contributed by atoms with Crippen LogP contribution >= 0.6 is 23.1 Å². The Labute approximate surface area is 201 Å². The summed E-state index contributed by atoms with van der Waals surface area (Å²) < 4.78 is 0.787. The number of hydrogen-bond donors (Lipinski definition) is 2. The lowest BCUT2D eigenvalue weighted by molar-refractivity contribution is -0.120. The summed E-state index contributed by atoms with van der Waals surface area (Å²) in [6, 6.07) is 24.1. The molecule has 2 N–H and O–H groups in total. The molecule has 0 spiro atoms. The van der Waals surface area contributed by atoms with Gasteiger partial charge in [-0.3, -0.25) is 9.59 Å². The summed E-state index contributed by atoms with van der Waals surface area (Å²) in [7, 11) is 0. The van der Waals surface area contributed by atoms with Crippen LogP contribution in [0, 0.1) is 0 Å². The predicted molar refractivity (Wildman–Crippen MR) is 137 cm³/mol. The molecule has 3 aromatic carbocycles. The van der Waals surface area contributed by atoms with Gasteiger partial charge in [0.25, 0.3) is 0 Å². The number of thioether (sulfide) groups is 1. The van der Waals surface area contributed by atoms with E-state index in [0.29, 0.717) is 6.54 Å². The van der Waals surface area contributed by atoms with E-state index in [1.807, 2.05) is 66.0 Å². The summed E-state index contributed by atoms with van der Waals surface area (Å²) in [6.45, 7) is 0.647. The summed E-state index contributed by atoms with van der Waals surface area (Å²) in [5.74, 6) is 0.157. The summed E-state index contributed by atoms with van der Waals surface area (Å²) in [5.41, 5.74) is 2.82. The van der Waals surface area contributed by atoms with Crippen LogP contribution in [-0.2, 0) is 22.4 Å². The van der Waals surface area contributed by atoms with Crippen molar-refractivity contribution in [2.24, 2.45) is 0 Å². The van der Waals surface area contributed by atoms with Crippen molar-refractivity contribution in [2.45, 2.75) is 23.6 Å². The molecule has 0 aliphatic heterocycles. The van der Waals surface area contributed by atoms with Crippen molar-refractivity contribution < 1.29 is 9.59 Å². The summed E-state index contributed by atoms with van der Waals surface area (Å²) >= 11 is 2.84. The molecule has 0 atom stereocenters. The molecule has 168 valence electrons. The Morgan fingerprint density at radius 3 is 2.58 bits per heavy atom. The third kappa shape index (κ3) is 6.91. The maximum Gasteiger partial charge on any atom is 0.234 e. The van der Waals surface area contributed by atoms with Gasteiger partial charge in [-0.05, 0) is 29.9 Å². The Morgan fingerprint density at radius 2 is 1.70 bits per heavy atom. The first-order valence-corrected chi connectivity index (χ1v) is 12.7. The minimum Gasteiger partial charge on any atom is -0.356 e. The third-order valence-corrected chi connectivity index (χ3v) is 7.14. The minimum absolute atomic E-state index is 0.0291. The number of carbonyl (C=O) groups excluding carboxylic acids is 2. The van der Waals surface area contributed by atoms with Gasteiger partial charge >= 0.3 is 0 Å². The Balaban J connectivity index is 1.19. The summed E-state index contributed by atoms with van der Waals surface area (Å²) in [6.07, 6.45) is 2.10. The monoisotopic (exact) mass is 475 g/mol. The molecule has 4 aromatic rings. The zero-order valence-electron chi connectivity index (χ0n) is 18.1. The van der Waals surface area contributed by atoms with Crippen LogP contribution in [0.25, 0.3) is 10.8 Å². The van der Waals surface area contributed by atoms with Gasteiger partial charge in [-0.1, -0.05) is 78.5 Å². The van der Waals surface area contributed by atoms with E-state index in [1.165, 1.54) is 28.7 Å².